The number of rotatable bonds is 3. The zero-order chi connectivity index (χ0) is 13.1. The minimum atomic E-state index is 0.231. The van der Waals surface area contributed by atoms with Gasteiger partial charge in [-0.25, -0.2) is 0 Å². The van der Waals surface area contributed by atoms with Gasteiger partial charge in [0.25, 0.3) is 0 Å². The van der Waals surface area contributed by atoms with Crippen LogP contribution in [0.5, 0.6) is 0 Å². The van der Waals surface area contributed by atoms with Crippen LogP contribution in [0.2, 0.25) is 0 Å². The van der Waals surface area contributed by atoms with Crippen LogP contribution in [0.15, 0.2) is 0 Å². The summed E-state index contributed by atoms with van der Waals surface area (Å²) in [4.78, 5) is 0. The minimum Gasteiger partial charge on any atom is -0.374 e. The van der Waals surface area contributed by atoms with Gasteiger partial charge in [-0.2, -0.15) is 35.3 Å². The first-order valence-electron chi connectivity index (χ1n) is 7.41. The normalized spacial score (nSPS) is 41.5. The van der Waals surface area contributed by atoms with Crippen LogP contribution in [-0.4, -0.2) is 59.3 Å². The number of nitrogens with one attached hydrogen (secondary N) is 1. The summed E-state index contributed by atoms with van der Waals surface area (Å²) in [5.74, 6) is 7.34. The van der Waals surface area contributed by atoms with Gasteiger partial charge in [0.1, 0.15) is 0 Å². The van der Waals surface area contributed by atoms with E-state index in [0.29, 0.717) is 6.04 Å². The summed E-state index contributed by atoms with van der Waals surface area (Å²) in [6.45, 7) is 0.980. The van der Waals surface area contributed by atoms with Crippen molar-refractivity contribution in [1.82, 2.24) is 5.32 Å². The summed E-state index contributed by atoms with van der Waals surface area (Å²) in [6, 6.07) is 0.684. The van der Waals surface area contributed by atoms with E-state index in [1.54, 1.807) is 0 Å². The van der Waals surface area contributed by atoms with Gasteiger partial charge in [0.05, 0.1) is 5.60 Å². The van der Waals surface area contributed by atoms with Gasteiger partial charge in [-0.05, 0) is 38.0 Å². The lowest BCUT2D eigenvalue weighted by Crippen LogP contribution is -2.51. The Morgan fingerprint density at radius 3 is 2.89 bits per heavy atom. The maximum absolute atomic E-state index is 6.18. The van der Waals surface area contributed by atoms with E-state index in [0.717, 1.165) is 17.8 Å². The van der Waals surface area contributed by atoms with Crippen LogP contribution in [-0.2, 0) is 4.74 Å². The molecule has 2 nitrogen and oxygen atoms in total. The van der Waals surface area contributed by atoms with Crippen LogP contribution in [0.3, 0.4) is 0 Å². The van der Waals surface area contributed by atoms with Crippen LogP contribution in [0.4, 0.5) is 0 Å². The molecule has 3 fully saturated rings. The van der Waals surface area contributed by atoms with E-state index < -0.39 is 0 Å². The molecule has 5 heteroatoms. The lowest BCUT2D eigenvalue weighted by molar-refractivity contribution is -0.0845. The van der Waals surface area contributed by atoms with Gasteiger partial charge >= 0.3 is 0 Å². The number of ether oxygens (including phenoxy) is 1. The monoisotopic (exact) mass is 319 g/mol. The largest absolute Gasteiger partial charge is 0.374 e. The highest BCUT2D eigenvalue weighted by molar-refractivity contribution is 8.06. The molecule has 0 bridgehead atoms. The third-order valence-electron chi connectivity index (χ3n) is 4.68. The third-order valence-corrected chi connectivity index (χ3v) is 8.79. The Morgan fingerprint density at radius 1 is 1.26 bits per heavy atom. The fourth-order valence-electron chi connectivity index (χ4n) is 3.67. The van der Waals surface area contributed by atoms with Crippen molar-refractivity contribution in [3.05, 3.63) is 0 Å². The molecule has 3 rings (SSSR count). The Bertz CT molecular complexity index is 290. The van der Waals surface area contributed by atoms with Crippen molar-refractivity contribution in [1.29, 1.82) is 0 Å². The maximum Gasteiger partial charge on any atom is 0.0783 e. The molecule has 0 aliphatic carbocycles. The Kier molecular flexibility index (Phi) is 5.34. The predicted molar refractivity (Wildman–Crippen MR) is 89.8 cm³/mol. The van der Waals surface area contributed by atoms with Crippen LogP contribution in [0, 0.1) is 5.92 Å². The van der Waals surface area contributed by atoms with Crippen molar-refractivity contribution in [2.24, 2.45) is 5.92 Å². The predicted octanol–water partition coefficient (Wildman–Crippen LogP) is 2.73. The number of hydrogen-bond donors (Lipinski definition) is 1. The smallest absolute Gasteiger partial charge is 0.0783 e. The molecular weight excluding hydrogens is 294 g/mol. The van der Waals surface area contributed by atoms with Crippen LogP contribution >= 0.6 is 35.3 Å². The summed E-state index contributed by atoms with van der Waals surface area (Å²) in [7, 11) is 2.16. The molecule has 0 amide bonds. The van der Waals surface area contributed by atoms with E-state index in [1.807, 2.05) is 0 Å². The van der Waals surface area contributed by atoms with E-state index in [2.05, 4.69) is 47.7 Å². The molecule has 3 aliphatic rings. The van der Waals surface area contributed by atoms with Gasteiger partial charge in [0.2, 0.25) is 0 Å². The standard InChI is InChI=1S/C14H25NOS3/c1-15-13(12-9-17-6-7-19-12)11-2-4-16-14(8-11)3-5-18-10-14/h11-13,15H,2-10H2,1H3. The molecule has 1 spiro atoms. The number of thioether (sulfide) groups is 3. The van der Waals surface area contributed by atoms with Crippen molar-refractivity contribution in [2.45, 2.75) is 36.2 Å². The summed E-state index contributed by atoms with van der Waals surface area (Å²) < 4.78 is 6.18. The average molecular weight is 320 g/mol. The minimum absolute atomic E-state index is 0.231. The summed E-state index contributed by atoms with van der Waals surface area (Å²) in [5.41, 5.74) is 0.231. The first-order valence-corrected chi connectivity index (χ1v) is 10.8. The van der Waals surface area contributed by atoms with Crippen molar-refractivity contribution in [2.75, 3.05) is 42.4 Å². The summed E-state index contributed by atoms with van der Waals surface area (Å²) >= 11 is 6.41. The highest BCUT2D eigenvalue weighted by atomic mass is 32.2. The van der Waals surface area contributed by atoms with Gasteiger partial charge in [-0.1, -0.05) is 0 Å². The number of hydrogen-bond acceptors (Lipinski definition) is 5. The summed E-state index contributed by atoms with van der Waals surface area (Å²) in [5, 5.41) is 4.45. The second-order valence-corrected chi connectivity index (χ2v) is 9.49. The van der Waals surface area contributed by atoms with E-state index in [-0.39, 0.29) is 5.60 Å². The lowest BCUT2D eigenvalue weighted by atomic mass is 9.80. The molecule has 0 aromatic heterocycles. The first-order chi connectivity index (χ1) is 9.33. The molecule has 0 radical (unpaired) electrons. The Balaban J connectivity index is 1.64. The van der Waals surface area contributed by atoms with E-state index in [9.17, 15) is 0 Å². The molecule has 110 valence electrons. The van der Waals surface area contributed by atoms with Crippen LogP contribution < -0.4 is 5.32 Å². The SMILES string of the molecule is CNC(C1CCOC2(CCSC2)C1)C1CSCCS1. The zero-order valence-electron chi connectivity index (χ0n) is 11.7. The molecule has 0 saturated carbocycles. The van der Waals surface area contributed by atoms with E-state index in [1.165, 1.54) is 48.0 Å². The molecule has 3 saturated heterocycles. The molecule has 3 aliphatic heterocycles. The van der Waals surface area contributed by atoms with E-state index in [4.69, 9.17) is 4.74 Å². The second-order valence-electron chi connectivity index (χ2n) is 5.89. The van der Waals surface area contributed by atoms with Gasteiger partial charge in [0, 0.05) is 40.9 Å². The van der Waals surface area contributed by atoms with Crippen molar-refractivity contribution < 1.29 is 4.74 Å². The van der Waals surface area contributed by atoms with Crippen molar-refractivity contribution in [3.8, 4) is 0 Å². The van der Waals surface area contributed by atoms with Crippen LogP contribution in [0.25, 0.3) is 0 Å². The van der Waals surface area contributed by atoms with Gasteiger partial charge in [0.15, 0.2) is 0 Å². The fourth-order valence-corrected chi connectivity index (χ4v) is 8.06. The fraction of sp³-hybridized carbons (Fsp3) is 1.00. The van der Waals surface area contributed by atoms with Crippen molar-refractivity contribution >= 4 is 35.3 Å². The molecular formula is C14H25NOS3. The highest BCUT2D eigenvalue weighted by Crippen LogP contribution is 2.43. The molecule has 4 atom stereocenters. The molecule has 1 N–H and O–H groups in total. The Morgan fingerprint density at radius 2 is 2.21 bits per heavy atom. The Labute approximate surface area is 129 Å². The second kappa shape index (κ2) is 6.82. The quantitative estimate of drug-likeness (QED) is 0.861. The topological polar surface area (TPSA) is 21.3 Å². The van der Waals surface area contributed by atoms with Gasteiger partial charge in [-0.15, -0.1) is 0 Å². The highest BCUT2D eigenvalue weighted by Gasteiger charge is 2.43. The zero-order valence-corrected chi connectivity index (χ0v) is 14.2. The third kappa shape index (κ3) is 3.42. The molecule has 3 heterocycles. The Hall–Kier alpha value is 0.970. The van der Waals surface area contributed by atoms with Crippen molar-refractivity contribution in [3.63, 3.8) is 0 Å². The van der Waals surface area contributed by atoms with Crippen LogP contribution in [0.1, 0.15) is 19.3 Å². The molecule has 0 aromatic rings. The average Bonchev–Trinajstić information content (AvgIpc) is 2.89. The maximum atomic E-state index is 6.18. The summed E-state index contributed by atoms with van der Waals surface area (Å²) in [6.07, 6.45) is 3.81. The van der Waals surface area contributed by atoms with Gasteiger partial charge < -0.3 is 10.1 Å². The van der Waals surface area contributed by atoms with E-state index >= 15 is 0 Å². The first kappa shape index (κ1) is 14.9. The van der Waals surface area contributed by atoms with Gasteiger partial charge in [-0.3, -0.25) is 0 Å². The lowest BCUT2D eigenvalue weighted by Gasteiger charge is -2.43. The molecule has 19 heavy (non-hydrogen) atoms. The molecule has 4 unspecified atom stereocenters. The molecule has 0 aromatic carbocycles.